The molecule has 0 heterocycles. The molecule has 0 aromatic rings. The van der Waals surface area contributed by atoms with Crippen LogP contribution in [-0.4, -0.2) is 49.1 Å². The molecule has 122 valence electrons. The van der Waals surface area contributed by atoms with Gasteiger partial charge < -0.3 is 20.5 Å². The smallest absolute Gasteiger partial charge is 0.411 e. The fourth-order valence-electron chi connectivity index (χ4n) is 2.21. The van der Waals surface area contributed by atoms with Crippen LogP contribution in [0.25, 0.3) is 0 Å². The molecular formula is C12H19F3N2O4. The molecule has 0 saturated heterocycles. The van der Waals surface area contributed by atoms with E-state index in [0.29, 0.717) is 19.3 Å². The normalized spacial score (nSPS) is 22.6. The first-order chi connectivity index (χ1) is 9.78. The maximum absolute atomic E-state index is 11.8. The third-order valence-corrected chi connectivity index (χ3v) is 3.16. The second kappa shape index (κ2) is 8.06. The Hall–Kier alpha value is -1.51. The average Bonchev–Trinajstić information content (AvgIpc) is 2.37. The number of halogens is 3. The van der Waals surface area contributed by atoms with Gasteiger partial charge in [-0.2, -0.15) is 13.2 Å². The molecule has 0 spiro atoms. The standard InChI is InChI=1S/C12H19F3N2O4/c13-12(14,15)7-21-5-4-16-11(20)17-9-3-1-2-8(6-9)10(18)19/h8-9H,1-7H2,(H,18,19)(H2,16,17,20). The van der Waals surface area contributed by atoms with Gasteiger partial charge in [0.1, 0.15) is 6.61 Å². The molecule has 2 atom stereocenters. The molecule has 0 aliphatic heterocycles. The van der Waals surface area contributed by atoms with Gasteiger partial charge in [-0.05, 0) is 19.3 Å². The van der Waals surface area contributed by atoms with Crippen LogP contribution in [0, 0.1) is 5.92 Å². The summed E-state index contributed by atoms with van der Waals surface area (Å²) in [6.07, 6.45) is -2.00. The van der Waals surface area contributed by atoms with Gasteiger partial charge in [-0.15, -0.1) is 0 Å². The van der Waals surface area contributed by atoms with Crippen LogP contribution in [0.3, 0.4) is 0 Å². The van der Waals surface area contributed by atoms with Crippen molar-refractivity contribution >= 4 is 12.0 Å². The van der Waals surface area contributed by atoms with Crippen molar-refractivity contribution in [3.05, 3.63) is 0 Å². The fourth-order valence-corrected chi connectivity index (χ4v) is 2.21. The van der Waals surface area contributed by atoms with Crippen LogP contribution in [0.5, 0.6) is 0 Å². The zero-order valence-electron chi connectivity index (χ0n) is 11.4. The molecule has 0 aromatic heterocycles. The number of carboxylic acid groups (broad SMARTS) is 1. The first-order valence-corrected chi connectivity index (χ1v) is 6.69. The van der Waals surface area contributed by atoms with Gasteiger partial charge in [-0.1, -0.05) is 6.42 Å². The van der Waals surface area contributed by atoms with Crippen LogP contribution >= 0.6 is 0 Å². The number of carboxylic acids is 1. The highest BCUT2D eigenvalue weighted by Crippen LogP contribution is 2.24. The summed E-state index contributed by atoms with van der Waals surface area (Å²) >= 11 is 0. The number of rotatable bonds is 6. The Morgan fingerprint density at radius 2 is 2.00 bits per heavy atom. The number of amides is 2. The number of hydrogen-bond acceptors (Lipinski definition) is 3. The highest BCUT2D eigenvalue weighted by molar-refractivity contribution is 5.74. The Kier molecular flexibility index (Phi) is 6.73. The summed E-state index contributed by atoms with van der Waals surface area (Å²) in [4.78, 5) is 22.4. The van der Waals surface area contributed by atoms with Crippen molar-refractivity contribution in [2.24, 2.45) is 5.92 Å². The molecule has 2 unspecified atom stereocenters. The van der Waals surface area contributed by atoms with Crippen molar-refractivity contribution in [3.63, 3.8) is 0 Å². The Morgan fingerprint density at radius 3 is 2.62 bits per heavy atom. The molecule has 0 radical (unpaired) electrons. The quantitative estimate of drug-likeness (QED) is 0.649. The van der Waals surface area contributed by atoms with Crippen molar-refractivity contribution < 1.29 is 32.6 Å². The average molecular weight is 312 g/mol. The van der Waals surface area contributed by atoms with Crippen molar-refractivity contribution in [1.29, 1.82) is 0 Å². The second-order valence-electron chi connectivity index (χ2n) is 4.97. The van der Waals surface area contributed by atoms with Crippen LogP contribution in [0.4, 0.5) is 18.0 Å². The molecular weight excluding hydrogens is 293 g/mol. The minimum absolute atomic E-state index is 0.0447. The molecule has 21 heavy (non-hydrogen) atoms. The molecule has 3 N–H and O–H groups in total. The molecule has 6 nitrogen and oxygen atoms in total. The van der Waals surface area contributed by atoms with E-state index in [1.54, 1.807) is 0 Å². The van der Waals surface area contributed by atoms with E-state index < -0.39 is 30.7 Å². The molecule has 1 fully saturated rings. The summed E-state index contributed by atoms with van der Waals surface area (Å²) in [7, 11) is 0. The summed E-state index contributed by atoms with van der Waals surface area (Å²) < 4.78 is 39.7. The van der Waals surface area contributed by atoms with Gasteiger partial charge in [0, 0.05) is 12.6 Å². The summed E-state index contributed by atoms with van der Waals surface area (Å²) in [6.45, 7) is -1.63. The fraction of sp³-hybridized carbons (Fsp3) is 0.833. The Bertz CT molecular complexity index is 363. The molecule has 1 saturated carbocycles. The van der Waals surface area contributed by atoms with E-state index in [0.717, 1.165) is 6.42 Å². The SMILES string of the molecule is O=C(NCCOCC(F)(F)F)NC1CCCC(C(=O)O)C1. The van der Waals surface area contributed by atoms with Gasteiger partial charge >= 0.3 is 18.2 Å². The summed E-state index contributed by atoms with van der Waals surface area (Å²) in [5.41, 5.74) is 0. The van der Waals surface area contributed by atoms with Crippen molar-refractivity contribution in [1.82, 2.24) is 10.6 Å². The van der Waals surface area contributed by atoms with Crippen molar-refractivity contribution in [3.8, 4) is 0 Å². The number of carbonyl (C=O) groups is 2. The number of ether oxygens (including phenoxy) is 1. The van der Waals surface area contributed by atoms with Crippen molar-refractivity contribution in [2.45, 2.75) is 37.9 Å². The minimum atomic E-state index is -4.38. The molecule has 1 aliphatic carbocycles. The lowest BCUT2D eigenvalue weighted by atomic mass is 9.86. The number of urea groups is 1. The topological polar surface area (TPSA) is 87.7 Å². The van der Waals surface area contributed by atoms with Crippen LogP contribution in [0.2, 0.25) is 0 Å². The zero-order chi connectivity index (χ0) is 15.9. The zero-order valence-corrected chi connectivity index (χ0v) is 11.4. The van der Waals surface area contributed by atoms with Crippen LogP contribution in [0.1, 0.15) is 25.7 Å². The number of nitrogens with one attached hydrogen (secondary N) is 2. The molecule has 0 bridgehead atoms. The van der Waals surface area contributed by atoms with Crippen LogP contribution in [-0.2, 0) is 9.53 Å². The van der Waals surface area contributed by atoms with E-state index in [1.165, 1.54) is 0 Å². The maximum Gasteiger partial charge on any atom is 0.411 e. The van der Waals surface area contributed by atoms with E-state index in [4.69, 9.17) is 5.11 Å². The summed E-state index contributed by atoms with van der Waals surface area (Å²) in [6, 6.07) is -0.752. The number of aliphatic carboxylic acids is 1. The molecule has 1 aliphatic rings. The third-order valence-electron chi connectivity index (χ3n) is 3.16. The van der Waals surface area contributed by atoms with Gasteiger partial charge in [-0.25, -0.2) is 4.79 Å². The lowest BCUT2D eigenvalue weighted by molar-refractivity contribution is -0.173. The maximum atomic E-state index is 11.8. The van der Waals surface area contributed by atoms with Gasteiger partial charge in [-0.3, -0.25) is 4.79 Å². The molecule has 9 heteroatoms. The van der Waals surface area contributed by atoms with E-state index >= 15 is 0 Å². The lowest BCUT2D eigenvalue weighted by Crippen LogP contribution is -2.45. The highest BCUT2D eigenvalue weighted by Gasteiger charge is 2.28. The van der Waals surface area contributed by atoms with Crippen molar-refractivity contribution in [2.75, 3.05) is 19.8 Å². The summed E-state index contributed by atoms with van der Waals surface area (Å²) in [5, 5.41) is 13.9. The Balaban J connectivity index is 2.14. The van der Waals surface area contributed by atoms with E-state index in [-0.39, 0.29) is 19.2 Å². The summed E-state index contributed by atoms with van der Waals surface area (Å²) in [5.74, 6) is -1.33. The Morgan fingerprint density at radius 1 is 1.29 bits per heavy atom. The Labute approximate surface area is 120 Å². The first-order valence-electron chi connectivity index (χ1n) is 6.69. The van der Waals surface area contributed by atoms with Crippen LogP contribution in [0.15, 0.2) is 0 Å². The number of carbonyl (C=O) groups excluding carboxylic acids is 1. The van der Waals surface area contributed by atoms with Gasteiger partial charge in [0.25, 0.3) is 0 Å². The molecule has 1 rings (SSSR count). The van der Waals surface area contributed by atoms with E-state index in [9.17, 15) is 22.8 Å². The molecule has 0 aromatic carbocycles. The van der Waals surface area contributed by atoms with E-state index in [1.807, 2.05) is 0 Å². The number of alkyl halides is 3. The van der Waals surface area contributed by atoms with Gasteiger partial charge in [0.2, 0.25) is 0 Å². The van der Waals surface area contributed by atoms with Gasteiger partial charge in [0.15, 0.2) is 0 Å². The third kappa shape index (κ3) is 7.74. The van der Waals surface area contributed by atoms with E-state index in [2.05, 4.69) is 15.4 Å². The predicted octanol–water partition coefficient (Wildman–Crippen LogP) is 1.51. The lowest BCUT2D eigenvalue weighted by Gasteiger charge is -2.27. The number of hydrogen-bond donors (Lipinski definition) is 3. The first kappa shape index (κ1) is 17.5. The van der Waals surface area contributed by atoms with Crippen LogP contribution < -0.4 is 10.6 Å². The largest absolute Gasteiger partial charge is 0.481 e. The monoisotopic (exact) mass is 312 g/mol. The second-order valence-corrected chi connectivity index (χ2v) is 4.97. The molecule has 2 amide bonds. The highest BCUT2D eigenvalue weighted by atomic mass is 19.4. The van der Waals surface area contributed by atoms with Gasteiger partial charge in [0.05, 0.1) is 12.5 Å². The minimum Gasteiger partial charge on any atom is -0.481 e. The predicted molar refractivity (Wildman–Crippen MR) is 66.8 cm³/mol.